The van der Waals surface area contributed by atoms with Crippen molar-refractivity contribution in [2.45, 2.75) is 58.3 Å². The number of hydrogen-bond acceptors (Lipinski definition) is 3. The molecule has 0 aromatic carbocycles. The fraction of sp³-hybridized carbons (Fsp3) is 0.867. The first-order valence-corrected chi connectivity index (χ1v) is 7.47. The third kappa shape index (κ3) is 11.9. The second kappa shape index (κ2) is 14.5. The summed E-state index contributed by atoms with van der Waals surface area (Å²) in [6, 6.07) is 0. The van der Waals surface area contributed by atoms with Gasteiger partial charge in [0.2, 0.25) is 0 Å². The van der Waals surface area contributed by atoms with Gasteiger partial charge in [-0.25, -0.2) is 0 Å². The van der Waals surface area contributed by atoms with Crippen LogP contribution in [0.2, 0.25) is 0 Å². The molecular weight excluding hydrogens is 226 g/mol. The Morgan fingerprint density at radius 1 is 0.833 bits per heavy atom. The van der Waals surface area contributed by atoms with Crippen LogP contribution in [0.1, 0.15) is 58.3 Å². The number of aliphatic hydroxyl groups excluding tert-OH is 2. The van der Waals surface area contributed by atoms with Crippen LogP contribution in [0.5, 0.6) is 0 Å². The third-order valence-corrected chi connectivity index (χ3v) is 3.06. The van der Waals surface area contributed by atoms with Gasteiger partial charge in [0.25, 0.3) is 0 Å². The summed E-state index contributed by atoms with van der Waals surface area (Å²) in [6.45, 7) is 3.74. The van der Waals surface area contributed by atoms with Crippen molar-refractivity contribution in [2.75, 3.05) is 26.3 Å². The Bertz CT molecular complexity index is 177. The molecule has 2 N–H and O–H groups in total. The molecule has 0 aliphatic heterocycles. The van der Waals surface area contributed by atoms with Crippen molar-refractivity contribution in [2.24, 2.45) is 0 Å². The lowest BCUT2D eigenvalue weighted by Gasteiger charge is -2.17. The number of rotatable bonds is 13. The van der Waals surface area contributed by atoms with Crippen molar-refractivity contribution in [1.29, 1.82) is 0 Å². The first-order valence-electron chi connectivity index (χ1n) is 7.47. The van der Waals surface area contributed by atoms with E-state index < -0.39 is 0 Å². The van der Waals surface area contributed by atoms with Crippen LogP contribution in [0.3, 0.4) is 0 Å². The molecule has 0 aromatic heterocycles. The third-order valence-electron chi connectivity index (χ3n) is 3.06. The number of hydrogen-bond donors (Lipinski definition) is 2. The lowest BCUT2D eigenvalue weighted by molar-refractivity contribution is 0.198. The molecule has 0 fully saturated rings. The molecule has 0 atom stereocenters. The van der Waals surface area contributed by atoms with E-state index in [2.05, 4.69) is 13.0 Å². The molecule has 0 rings (SSSR count). The van der Waals surface area contributed by atoms with Crippen LogP contribution in [0.25, 0.3) is 0 Å². The summed E-state index contributed by atoms with van der Waals surface area (Å²) in [5.74, 6) is 0. The highest BCUT2D eigenvalue weighted by molar-refractivity contribution is 4.82. The predicted octanol–water partition coefficient (Wildman–Crippen LogP) is 2.93. The minimum absolute atomic E-state index is 0.141. The molecule has 0 aliphatic rings. The van der Waals surface area contributed by atoms with Crippen molar-refractivity contribution < 1.29 is 10.2 Å². The van der Waals surface area contributed by atoms with Gasteiger partial charge in [-0.1, -0.05) is 51.5 Å². The van der Waals surface area contributed by atoms with E-state index in [1.54, 1.807) is 0 Å². The highest BCUT2D eigenvalue weighted by atomic mass is 16.3. The van der Waals surface area contributed by atoms with Gasteiger partial charge in [0, 0.05) is 13.1 Å². The van der Waals surface area contributed by atoms with Gasteiger partial charge in [-0.2, -0.15) is 0 Å². The summed E-state index contributed by atoms with van der Waals surface area (Å²) in [5, 5.41) is 17.7. The van der Waals surface area contributed by atoms with E-state index in [0.717, 1.165) is 6.42 Å². The van der Waals surface area contributed by atoms with Crippen LogP contribution in [-0.2, 0) is 0 Å². The van der Waals surface area contributed by atoms with Gasteiger partial charge < -0.3 is 15.1 Å². The quantitative estimate of drug-likeness (QED) is 0.499. The lowest BCUT2D eigenvalue weighted by Crippen LogP contribution is -2.24. The molecule has 0 radical (unpaired) electrons. The molecule has 0 saturated heterocycles. The number of allylic oxidation sites excluding steroid dienone is 1. The normalized spacial score (nSPS) is 11.3. The highest BCUT2D eigenvalue weighted by Gasteiger charge is 1.95. The zero-order valence-corrected chi connectivity index (χ0v) is 12.0. The molecule has 0 amide bonds. The first-order chi connectivity index (χ1) is 8.85. The van der Waals surface area contributed by atoms with Gasteiger partial charge in [0.1, 0.15) is 0 Å². The van der Waals surface area contributed by atoms with E-state index in [9.17, 15) is 0 Å². The lowest BCUT2D eigenvalue weighted by atomic mass is 10.1. The Balaban J connectivity index is 3.39. The average Bonchev–Trinajstić information content (AvgIpc) is 2.37. The van der Waals surface area contributed by atoms with Crippen molar-refractivity contribution in [3.63, 3.8) is 0 Å². The fourth-order valence-corrected chi connectivity index (χ4v) is 1.96. The molecular formula is C15H31NO2. The Kier molecular flexibility index (Phi) is 14.1. The van der Waals surface area contributed by atoms with Gasteiger partial charge in [-0.3, -0.25) is 0 Å². The summed E-state index contributed by atoms with van der Waals surface area (Å²) >= 11 is 0. The smallest absolute Gasteiger partial charge is 0.0606 e. The van der Waals surface area contributed by atoms with Gasteiger partial charge >= 0.3 is 0 Å². The van der Waals surface area contributed by atoms with Gasteiger partial charge in [-0.05, 0) is 19.0 Å². The molecule has 0 aromatic rings. The summed E-state index contributed by atoms with van der Waals surface area (Å²) in [6.07, 6.45) is 14.6. The van der Waals surface area contributed by atoms with Crippen LogP contribution >= 0.6 is 0 Å². The summed E-state index contributed by atoms with van der Waals surface area (Å²) in [4.78, 5) is 1.96. The Morgan fingerprint density at radius 2 is 1.39 bits per heavy atom. The summed E-state index contributed by atoms with van der Waals surface area (Å²) in [7, 11) is 0. The van der Waals surface area contributed by atoms with Gasteiger partial charge in [-0.15, -0.1) is 0 Å². The van der Waals surface area contributed by atoms with Crippen LogP contribution in [0.15, 0.2) is 12.3 Å². The van der Waals surface area contributed by atoms with Crippen LogP contribution in [0.4, 0.5) is 0 Å². The first kappa shape index (κ1) is 17.5. The van der Waals surface area contributed by atoms with E-state index in [4.69, 9.17) is 10.2 Å². The van der Waals surface area contributed by atoms with Crippen molar-refractivity contribution in [3.8, 4) is 0 Å². The van der Waals surface area contributed by atoms with E-state index in [0.29, 0.717) is 13.1 Å². The highest BCUT2D eigenvalue weighted by Crippen LogP contribution is 2.08. The molecule has 0 heterocycles. The SMILES string of the molecule is CCCCCCCCCC=CN(CCO)CCO. The molecule has 108 valence electrons. The Morgan fingerprint density at radius 3 is 1.94 bits per heavy atom. The van der Waals surface area contributed by atoms with E-state index in [1.807, 2.05) is 11.1 Å². The number of unbranched alkanes of at least 4 members (excludes halogenated alkanes) is 7. The molecule has 3 heteroatoms. The van der Waals surface area contributed by atoms with Crippen LogP contribution in [-0.4, -0.2) is 41.4 Å². The minimum Gasteiger partial charge on any atom is -0.395 e. The van der Waals surface area contributed by atoms with Crippen LogP contribution < -0.4 is 0 Å². The average molecular weight is 257 g/mol. The molecule has 0 bridgehead atoms. The van der Waals surface area contributed by atoms with E-state index >= 15 is 0 Å². The maximum absolute atomic E-state index is 8.85. The predicted molar refractivity (Wildman–Crippen MR) is 77.5 cm³/mol. The van der Waals surface area contributed by atoms with Crippen LogP contribution in [0, 0.1) is 0 Å². The topological polar surface area (TPSA) is 43.7 Å². The molecule has 0 spiro atoms. The largest absolute Gasteiger partial charge is 0.395 e. The summed E-state index contributed by atoms with van der Waals surface area (Å²) in [5.41, 5.74) is 0. The van der Waals surface area contributed by atoms with E-state index in [-0.39, 0.29) is 13.2 Å². The van der Waals surface area contributed by atoms with Crippen molar-refractivity contribution in [1.82, 2.24) is 4.90 Å². The molecule has 0 unspecified atom stereocenters. The minimum atomic E-state index is 0.141. The maximum atomic E-state index is 8.85. The Hall–Kier alpha value is -0.540. The number of aliphatic hydroxyl groups is 2. The second-order valence-corrected chi connectivity index (χ2v) is 4.78. The molecule has 3 nitrogen and oxygen atoms in total. The van der Waals surface area contributed by atoms with Crippen molar-refractivity contribution >= 4 is 0 Å². The number of nitrogens with zero attached hydrogens (tertiary/aromatic N) is 1. The van der Waals surface area contributed by atoms with Gasteiger partial charge in [0.05, 0.1) is 13.2 Å². The molecule has 0 saturated carbocycles. The van der Waals surface area contributed by atoms with Crippen molar-refractivity contribution in [3.05, 3.63) is 12.3 Å². The monoisotopic (exact) mass is 257 g/mol. The Labute approximate surface area is 113 Å². The maximum Gasteiger partial charge on any atom is 0.0606 e. The zero-order valence-electron chi connectivity index (χ0n) is 12.0. The van der Waals surface area contributed by atoms with Gasteiger partial charge in [0.15, 0.2) is 0 Å². The van der Waals surface area contributed by atoms with E-state index in [1.165, 1.54) is 44.9 Å². The fourth-order valence-electron chi connectivity index (χ4n) is 1.96. The standard InChI is InChI=1S/C15H31NO2/c1-2-3-4-5-6-7-8-9-10-11-16(12-14-17)13-15-18/h10-11,17-18H,2-9,12-15H2,1H3. The molecule has 0 aliphatic carbocycles. The zero-order chi connectivity index (χ0) is 13.5. The molecule has 18 heavy (non-hydrogen) atoms. The summed E-state index contributed by atoms with van der Waals surface area (Å²) < 4.78 is 0. The second-order valence-electron chi connectivity index (χ2n) is 4.78.